The van der Waals surface area contributed by atoms with Gasteiger partial charge in [0.15, 0.2) is 0 Å². The Kier molecular flexibility index (Phi) is 9.99. The predicted molar refractivity (Wildman–Crippen MR) is 109 cm³/mol. The normalized spacial score (nSPS) is 15.9. The van der Waals surface area contributed by atoms with E-state index in [0.29, 0.717) is 23.3 Å². The molecule has 0 aromatic carbocycles. The summed E-state index contributed by atoms with van der Waals surface area (Å²) in [6.07, 6.45) is 6.50. The van der Waals surface area contributed by atoms with Gasteiger partial charge in [0, 0.05) is 31.5 Å². The molecule has 0 unspecified atom stereocenters. The zero-order valence-corrected chi connectivity index (χ0v) is 16.6. The van der Waals surface area contributed by atoms with Crippen molar-refractivity contribution in [1.82, 2.24) is 10.3 Å². The molecular weight excluding hydrogens is 353 g/mol. The van der Waals surface area contributed by atoms with Crippen LogP contribution in [0.2, 0.25) is 5.02 Å². The fourth-order valence-corrected chi connectivity index (χ4v) is 2.70. The van der Waals surface area contributed by atoms with Crippen LogP contribution in [-0.2, 0) is 4.74 Å². The van der Waals surface area contributed by atoms with Crippen LogP contribution in [0.5, 0.6) is 0 Å². The van der Waals surface area contributed by atoms with E-state index in [9.17, 15) is 4.39 Å². The van der Waals surface area contributed by atoms with Crippen molar-refractivity contribution in [2.45, 2.75) is 33.6 Å². The van der Waals surface area contributed by atoms with Gasteiger partial charge >= 0.3 is 0 Å². The maximum Gasteiger partial charge on any atom is 0.145 e. The second-order valence-electron chi connectivity index (χ2n) is 5.87. The lowest BCUT2D eigenvalue weighted by molar-refractivity contribution is 0.0670. The minimum Gasteiger partial charge on any atom is -0.384 e. The van der Waals surface area contributed by atoms with E-state index in [1.807, 2.05) is 20.8 Å². The minimum atomic E-state index is -0.403. The summed E-state index contributed by atoms with van der Waals surface area (Å²) in [7, 11) is 0. The van der Waals surface area contributed by atoms with E-state index in [4.69, 9.17) is 22.1 Å². The van der Waals surface area contributed by atoms with Gasteiger partial charge < -0.3 is 15.8 Å². The van der Waals surface area contributed by atoms with Gasteiger partial charge in [0.2, 0.25) is 0 Å². The van der Waals surface area contributed by atoms with Crippen molar-refractivity contribution in [2.24, 2.45) is 5.92 Å². The zero-order chi connectivity index (χ0) is 19.5. The molecule has 0 bridgehead atoms. The number of nitrogens with one attached hydrogen (secondary N) is 1. The number of halogens is 2. The number of hydrogen-bond acceptors (Lipinski definition) is 4. The Balaban J connectivity index is 0.00000163. The quantitative estimate of drug-likeness (QED) is 0.670. The number of aromatic nitrogens is 1. The van der Waals surface area contributed by atoms with Crippen LogP contribution in [0, 0.1) is 5.92 Å². The Morgan fingerprint density at radius 2 is 2.08 bits per heavy atom. The molecular formula is C20H29ClFN3O. The standard InChI is InChI=1S/C18H23ClFN3O.C2H6/c1-12(15-9-18(21)23-11-16(15)19)3-4-17(20)13(2)22-10-14-5-7-24-8-6-14;1-2/h3-4,9,11,14,22H,2,5-8,10H2,1H3,(H2,21,23);1-2H3/b12-3+,17-4+;. The molecule has 1 fully saturated rings. The first kappa shape index (κ1) is 22.2. The summed E-state index contributed by atoms with van der Waals surface area (Å²) >= 11 is 6.09. The number of anilines is 1. The van der Waals surface area contributed by atoms with Crippen LogP contribution in [0.15, 0.2) is 42.5 Å². The van der Waals surface area contributed by atoms with E-state index < -0.39 is 5.83 Å². The van der Waals surface area contributed by atoms with Crippen molar-refractivity contribution >= 4 is 23.0 Å². The van der Waals surface area contributed by atoms with Gasteiger partial charge in [0.05, 0.1) is 10.7 Å². The van der Waals surface area contributed by atoms with Crippen LogP contribution < -0.4 is 11.1 Å². The average molecular weight is 382 g/mol. The number of rotatable bonds is 6. The second-order valence-corrected chi connectivity index (χ2v) is 6.28. The van der Waals surface area contributed by atoms with Crippen molar-refractivity contribution in [3.05, 3.63) is 53.1 Å². The van der Waals surface area contributed by atoms with E-state index >= 15 is 0 Å². The van der Waals surface area contributed by atoms with Crippen molar-refractivity contribution < 1.29 is 9.13 Å². The lowest BCUT2D eigenvalue weighted by Gasteiger charge is -2.22. The third kappa shape index (κ3) is 7.18. The summed E-state index contributed by atoms with van der Waals surface area (Å²) in [6, 6.07) is 1.66. The van der Waals surface area contributed by atoms with Crippen LogP contribution >= 0.6 is 11.6 Å². The molecule has 0 saturated carbocycles. The first-order valence-corrected chi connectivity index (χ1v) is 9.31. The van der Waals surface area contributed by atoms with Crippen molar-refractivity contribution in [3.63, 3.8) is 0 Å². The average Bonchev–Trinajstić information content (AvgIpc) is 2.68. The third-order valence-corrected chi connectivity index (χ3v) is 4.32. The molecule has 4 nitrogen and oxygen atoms in total. The Bertz CT molecular complexity index is 652. The molecule has 144 valence electrons. The van der Waals surface area contributed by atoms with Gasteiger partial charge in [-0.2, -0.15) is 0 Å². The van der Waals surface area contributed by atoms with Crippen LogP contribution in [0.1, 0.15) is 39.2 Å². The van der Waals surface area contributed by atoms with Gasteiger partial charge in [-0.1, -0.05) is 38.1 Å². The molecule has 26 heavy (non-hydrogen) atoms. The number of hydrogen-bond donors (Lipinski definition) is 2. The number of nitrogen functional groups attached to an aromatic ring is 1. The molecule has 0 radical (unpaired) electrons. The molecule has 1 aliphatic heterocycles. The highest BCUT2D eigenvalue weighted by Crippen LogP contribution is 2.25. The predicted octanol–water partition coefficient (Wildman–Crippen LogP) is 5.13. The Morgan fingerprint density at radius 1 is 1.42 bits per heavy atom. The van der Waals surface area contributed by atoms with Gasteiger partial charge in [0.25, 0.3) is 0 Å². The van der Waals surface area contributed by atoms with Gasteiger partial charge in [-0.3, -0.25) is 0 Å². The largest absolute Gasteiger partial charge is 0.384 e. The highest BCUT2D eigenvalue weighted by atomic mass is 35.5. The van der Waals surface area contributed by atoms with Crippen LogP contribution in [0.3, 0.4) is 0 Å². The van der Waals surface area contributed by atoms with Gasteiger partial charge in [-0.25, -0.2) is 9.37 Å². The Hall–Kier alpha value is -1.85. The van der Waals surface area contributed by atoms with Crippen molar-refractivity contribution in [3.8, 4) is 0 Å². The van der Waals surface area contributed by atoms with E-state index in [1.165, 1.54) is 12.3 Å². The van der Waals surface area contributed by atoms with Gasteiger partial charge in [-0.05, 0) is 43.4 Å². The molecule has 0 atom stereocenters. The first-order chi connectivity index (χ1) is 12.5. The molecule has 0 amide bonds. The van der Waals surface area contributed by atoms with E-state index in [-0.39, 0.29) is 5.70 Å². The number of allylic oxidation sites excluding steroid dienone is 4. The van der Waals surface area contributed by atoms with E-state index in [1.54, 1.807) is 12.1 Å². The highest BCUT2D eigenvalue weighted by molar-refractivity contribution is 6.32. The molecule has 1 aromatic heterocycles. The summed E-state index contributed by atoms with van der Waals surface area (Å²) in [4.78, 5) is 3.91. The number of nitrogens with two attached hydrogens (primary N) is 1. The van der Waals surface area contributed by atoms with Crippen LogP contribution in [-0.4, -0.2) is 24.7 Å². The summed E-state index contributed by atoms with van der Waals surface area (Å²) in [5.74, 6) is 0.466. The molecule has 1 aromatic rings. The summed E-state index contributed by atoms with van der Waals surface area (Å²) < 4.78 is 19.5. The molecule has 0 spiro atoms. The fraction of sp³-hybridized carbons (Fsp3) is 0.450. The Morgan fingerprint density at radius 3 is 2.73 bits per heavy atom. The van der Waals surface area contributed by atoms with Crippen LogP contribution in [0.4, 0.5) is 10.2 Å². The SMILES string of the molecule is C=C(NCC1CCOCC1)/C(F)=C\C=C(/C)c1cc(N)ncc1Cl.CC. The smallest absolute Gasteiger partial charge is 0.145 e. The monoisotopic (exact) mass is 381 g/mol. The number of pyridine rings is 1. The fourth-order valence-electron chi connectivity index (χ4n) is 2.45. The maximum absolute atomic E-state index is 14.2. The van der Waals surface area contributed by atoms with Crippen LogP contribution in [0.25, 0.3) is 5.57 Å². The Labute approximate surface area is 161 Å². The molecule has 0 aliphatic carbocycles. The maximum atomic E-state index is 14.2. The highest BCUT2D eigenvalue weighted by Gasteiger charge is 2.14. The van der Waals surface area contributed by atoms with Crippen molar-refractivity contribution in [2.75, 3.05) is 25.5 Å². The first-order valence-electron chi connectivity index (χ1n) is 8.93. The molecule has 2 rings (SSSR count). The molecule has 6 heteroatoms. The molecule has 1 saturated heterocycles. The lowest BCUT2D eigenvalue weighted by atomic mass is 10.0. The summed E-state index contributed by atoms with van der Waals surface area (Å²) in [5, 5.41) is 3.53. The van der Waals surface area contributed by atoms with E-state index in [2.05, 4.69) is 16.9 Å². The summed E-state index contributed by atoms with van der Waals surface area (Å²) in [6.45, 7) is 11.8. The second kappa shape index (κ2) is 11.7. The van der Waals surface area contributed by atoms with E-state index in [0.717, 1.165) is 37.2 Å². The number of ether oxygens (including phenoxy) is 1. The topological polar surface area (TPSA) is 60.2 Å². The minimum absolute atomic E-state index is 0.283. The number of nitrogens with zero attached hydrogens (tertiary/aromatic N) is 1. The molecule has 3 N–H and O–H groups in total. The molecule has 1 aliphatic rings. The third-order valence-electron chi connectivity index (χ3n) is 4.01. The van der Waals surface area contributed by atoms with Crippen molar-refractivity contribution in [1.29, 1.82) is 0 Å². The lowest BCUT2D eigenvalue weighted by Crippen LogP contribution is -2.27. The van der Waals surface area contributed by atoms with Gasteiger partial charge in [-0.15, -0.1) is 0 Å². The summed E-state index contributed by atoms with van der Waals surface area (Å²) in [5.41, 5.74) is 7.47. The zero-order valence-electron chi connectivity index (χ0n) is 15.8. The molecule has 2 heterocycles. The van der Waals surface area contributed by atoms with Gasteiger partial charge in [0.1, 0.15) is 11.6 Å².